The maximum atomic E-state index is 5.45. The molecule has 15 heavy (non-hydrogen) atoms. The lowest BCUT2D eigenvalue weighted by Crippen LogP contribution is -1.95. The smallest absolute Gasteiger partial charge is 0.148 e. The first-order valence-corrected chi connectivity index (χ1v) is 4.77. The zero-order chi connectivity index (χ0) is 10.7. The molecule has 0 unspecified atom stereocenters. The van der Waals surface area contributed by atoms with Crippen molar-refractivity contribution in [3.8, 4) is 11.5 Å². The van der Waals surface area contributed by atoms with Crippen molar-refractivity contribution in [2.75, 3.05) is 13.7 Å². The van der Waals surface area contributed by atoms with Gasteiger partial charge in [0.1, 0.15) is 17.0 Å². The van der Waals surface area contributed by atoms with Crippen LogP contribution in [-0.4, -0.2) is 23.9 Å². The average molecular weight is 204 g/mol. The molecule has 78 valence electrons. The van der Waals surface area contributed by atoms with Crippen LogP contribution < -0.4 is 9.47 Å². The van der Waals surface area contributed by atoms with Gasteiger partial charge >= 0.3 is 0 Å². The lowest BCUT2D eigenvalue weighted by atomic mass is 10.2. The Kier molecular flexibility index (Phi) is 2.67. The van der Waals surface area contributed by atoms with Crippen molar-refractivity contribution in [3.05, 3.63) is 24.4 Å². The van der Waals surface area contributed by atoms with Crippen molar-refractivity contribution in [2.24, 2.45) is 0 Å². The molecule has 0 aliphatic heterocycles. The third-order valence-corrected chi connectivity index (χ3v) is 2.11. The lowest BCUT2D eigenvalue weighted by molar-refractivity contribution is 0.342. The van der Waals surface area contributed by atoms with E-state index in [4.69, 9.17) is 9.47 Å². The molecule has 0 radical (unpaired) electrons. The first-order chi connectivity index (χ1) is 7.35. The average Bonchev–Trinajstić information content (AvgIpc) is 2.29. The molecule has 0 atom stereocenters. The summed E-state index contributed by atoms with van der Waals surface area (Å²) < 4.78 is 10.6. The van der Waals surface area contributed by atoms with Crippen LogP contribution in [0.1, 0.15) is 6.92 Å². The van der Waals surface area contributed by atoms with Gasteiger partial charge in [-0.25, -0.2) is 0 Å². The van der Waals surface area contributed by atoms with Gasteiger partial charge in [-0.2, -0.15) is 10.2 Å². The Morgan fingerprint density at radius 1 is 1.33 bits per heavy atom. The van der Waals surface area contributed by atoms with Gasteiger partial charge in [0.05, 0.1) is 19.9 Å². The van der Waals surface area contributed by atoms with E-state index in [0.29, 0.717) is 6.61 Å². The van der Waals surface area contributed by atoms with E-state index in [9.17, 15) is 0 Å². The number of aromatic nitrogens is 2. The third-order valence-electron chi connectivity index (χ3n) is 2.11. The highest BCUT2D eigenvalue weighted by Gasteiger charge is 2.04. The molecule has 1 heterocycles. The monoisotopic (exact) mass is 204 g/mol. The van der Waals surface area contributed by atoms with Gasteiger partial charge in [0.25, 0.3) is 0 Å². The van der Waals surface area contributed by atoms with Crippen molar-refractivity contribution < 1.29 is 9.47 Å². The van der Waals surface area contributed by atoms with Crippen LogP contribution in [0.4, 0.5) is 0 Å². The molecule has 0 amide bonds. The quantitative estimate of drug-likeness (QED) is 0.767. The molecular formula is C11H12N2O2. The van der Waals surface area contributed by atoms with E-state index < -0.39 is 0 Å². The highest BCUT2D eigenvalue weighted by Crippen LogP contribution is 2.25. The van der Waals surface area contributed by atoms with Crippen molar-refractivity contribution in [2.45, 2.75) is 6.92 Å². The Labute approximate surface area is 87.8 Å². The molecule has 0 aliphatic rings. The fraction of sp³-hybridized carbons (Fsp3) is 0.273. The number of hydrogen-bond acceptors (Lipinski definition) is 4. The molecule has 0 saturated heterocycles. The van der Waals surface area contributed by atoms with Crippen molar-refractivity contribution >= 4 is 10.9 Å². The SMILES string of the molecule is CCOc1cnnc2cc(OC)ccc12. The summed E-state index contributed by atoms with van der Waals surface area (Å²) in [5.41, 5.74) is 0.778. The van der Waals surface area contributed by atoms with E-state index in [1.54, 1.807) is 13.3 Å². The minimum atomic E-state index is 0.618. The van der Waals surface area contributed by atoms with Crippen LogP contribution in [0.5, 0.6) is 11.5 Å². The van der Waals surface area contributed by atoms with Crippen LogP contribution in [0, 0.1) is 0 Å². The summed E-state index contributed by atoms with van der Waals surface area (Å²) in [7, 11) is 1.63. The fourth-order valence-corrected chi connectivity index (χ4v) is 1.41. The molecule has 0 N–H and O–H groups in total. The zero-order valence-electron chi connectivity index (χ0n) is 8.73. The van der Waals surface area contributed by atoms with Gasteiger partial charge in [0.15, 0.2) is 0 Å². The van der Waals surface area contributed by atoms with E-state index in [0.717, 1.165) is 22.4 Å². The Morgan fingerprint density at radius 2 is 2.20 bits per heavy atom. The normalized spacial score (nSPS) is 10.3. The van der Waals surface area contributed by atoms with Crippen LogP contribution >= 0.6 is 0 Å². The van der Waals surface area contributed by atoms with Crippen LogP contribution in [0.15, 0.2) is 24.4 Å². The van der Waals surface area contributed by atoms with Gasteiger partial charge in [0, 0.05) is 11.5 Å². The lowest BCUT2D eigenvalue weighted by Gasteiger charge is -2.06. The molecule has 0 spiro atoms. The first kappa shape index (κ1) is 9.71. The highest BCUT2D eigenvalue weighted by atomic mass is 16.5. The molecular weight excluding hydrogens is 192 g/mol. The Balaban J connectivity index is 2.56. The molecule has 0 saturated carbocycles. The molecule has 2 rings (SSSR count). The summed E-state index contributed by atoms with van der Waals surface area (Å²) in [6.45, 7) is 2.56. The van der Waals surface area contributed by atoms with Gasteiger partial charge in [-0.05, 0) is 19.1 Å². The van der Waals surface area contributed by atoms with Gasteiger partial charge in [-0.15, -0.1) is 0 Å². The van der Waals surface area contributed by atoms with Crippen molar-refractivity contribution in [1.82, 2.24) is 10.2 Å². The predicted molar refractivity (Wildman–Crippen MR) is 57.3 cm³/mol. The Morgan fingerprint density at radius 3 is 2.93 bits per heavy atom. The summed E-state index contributed by atoms with van der Waals surface area (Å²) >= 11 is 0. The molecule has 0 bridgehead atoms. The topological polar surface area (TPSA) is 44.2 Å². The summed E-state index contributed by atoms with van der Waals surface area (Å²) in [5.74, 6) is 1.52. The van der Waals surface area contributed by atoms with Crippen LogP contribution in [0.2, 0.25) is 0 Å². The molecule has 4 nitrogen and oxygen atoms in total. The Hall–Kier alpha value is -1.84. The number of rotatable bonds is 3. The van der Waals surface area contributed by atoms with Gasteiger partial charge < -0.3 is 9.47 Å². The van der Waals surface area contributed by atoms with E-state index in [2.05, 4.69) is 10.2 Å². The number of hydrogen-bond donors (Lipinski definition) is 0. The van der Waals surface area contributed by atoms with Crippen molar-refractivity contribution in [3.63, 3.8) is 0 Å². The van der Waals surface area contributed by atoms with E-state index in [1.807, 2.05) is 25.1 Å². The standard InChI is InChI=1S/C11H12N2O2/c1-3-15-11-7-12-13-10-6-8(14-2)4-5-9(10)11/h4-7H,3H2,1-2H3. The summed E-state index contributed by atoms with van der Waals surface area (Å²) in [5, 5.41) is 8.85. The van der Waals surface area contributed by atoms with E-state index >= 15 is 0 Å². The van der Waals surface area contributed by atoms with Crippen LogP contribution in [0.3, 0.4) is 0 Å². The molecule has 2 aromatic rings. The number of methoxy groups -OCH3 is 1. The summed E-state index contributed by atoms with van der Waals surface area (Å²) in [6, 6.07) is 5.64. The van der Waals surface area contributed by atoms with Crippen LogP contribution in [0.25, 0.3) is 10.9 Å². The maximum Gasteiger partial charge on any atom is 0.148 e. The number of nitrogens with zero attached hydrogens (tertiary/aromatic N) is 2. The molecule has 0 aliphatic carbocycles. The first-order valence-electron chi connectivity index (χ1n) is 4.77. The van der Waals surface area contributed by atoms with E-state index in [1.165, 1.54) is 0 Å². The van der Waals surface area contributed by atoms with Crippen molar-refractivity contribution in [1.29, 1.82) is 0 Å². The van der Waals surface area contributed by atoms with Crippen LogP contribution in [-0.2, 0) is 0 Å². The van der Waals surface area contributed by atoms with Gasteiger partial charge in [-0.3, -0.25) is 0 Å². The molecule has 0 fully saturated rings. The second-order valence-electron chi connectivity index (χ2n) is 3.02. The fourth-order valence-electron chi connectivity index (χ4n) is 1.41. The molecule has 1 aromatic heterocycles. The second kappa shape index (κ2) is 4.13. The van der Waals surface area contributed by atoms with E-state index in [-0.39, 0.29) is 0 Å². The van der Waals surface area contributed by atoms with Gasteiger partial charge in [-0.1, -0.05) is 0 Å². The maximum absolute atomic E-state index is 5.45. The summed E-state index contributed by atoms with van der Waals surface area (Å²) in [4.78, 5) is 0. The second-order valence-corrected chi connectivity index (χ2v) is 3.02. The zero-order valence-corrected chi connectivity index (χ0v) is 8.73. The Bertz CT molecular complexity index is 471. The number of benzene rings is 1. The number of ether oxygens (including phenoxy) is 2. The minimum absolute atomic E-state index is 0.618. The minimum Gasteiger partial charge on any atom is -0.497 e. The molecule has 1 aromatic carbocycles. The molecule has 4 heteroatoms. The largest absolute Gasteiger partial charge is 0.497 e. The predicted octanol–water partition coefficient (Wildman–Crippen LogP) is 2.04. The summed E-state index contributed by atoms with van der Waals surface area (Å²) in [6.07, 6.45) is 1.62. The van der Waals surface area contributed by atoms with Gasteiger partial charge in [0.2, 0.25) is 0 Å². The highest BCUT2D eigenvalue weighted by molar-refractivity contribution is 5.85. The third kappa shape index (κ3) is 1.83. The number of fused-ring (bicyclic) bond motifs is 1.